The van der Waals surface area contributed by atoms with E-state index >= 15 is 0 Å². The molecule has 2 aromatic rings. The van der Waals surface area contributed by atoms with Crippen LogP contribution < -0.4 is 5.73 Å². The topological polar surface area (TPSA) is 43.8 Å². The molecule has 0 saturated heterocycles. The highest BCUT2D eigenvalue weighted by Gasteiger charge is 2.13. The van der Waals surface area contributed by atoms with Crippen molar-refractivity contribution >= 4 is 11.6 Å². The Hall–Kier alpha value is -1.39. The molecule has 0 radical (unpaired) electrons. The predicted molar refractivity (Wildman–Crippen MR) is 66.4 cm³/mol. The lowest BCUT2D eigenvalue weighted by Crippen LogP contribution is -2.07. The third kappa shape index (κ3) is 2.33. The van der Waals surface area contributed by atoms with E-state index in [-0.39, 0.29) is 5.82 Å². The van der Waals surface area contributed by atoms with E-state index in [1.54, 1.807) is 16.7 Å². The summed E-state index contributed by atoms with van der Waals surface area (Å²) < 4.78 is 14.6. The zero-order valence-electron chi connectivity index (χ0n) is 9.45. The molecule has 3 nitrogen and oxygen atoms in total. The van der Waals surface area contributed by atoms with Crippen LogP contribution in [0.2, 0.25) is 5.15 Å². The van der Waals surface area contributed by atoms with Crippen molar-refractivity contribution in [2.75, 3.05) is 6.54 Å². The minimum absolute atomic E-state index is 0.275. The van der Waals surface area contributed by atoms with Crippen LogP contribution in [0.25, 0.3) is 11.3 Å². The molecule has 0 aliphatic carbocycles. The van der Waals surface area contributed by atoms with E-state index in [1.165, 1.54) is 12.1 Å². The van der Waals surface area contributed by atoms with Crippen molar-refractivity contribution in [3.63, 3.8) is 0 Å². The molecule has 5 heteroatoms. The summed E-state index contributed by atoms with van der Waals surface area (Å²) in [7, 11) is 1.84. The van der Waals surface area contributed by atoms with Crippen molar-refractivity contribution in [3.05, 3.63) is 41.1 Å². The second-order valence-corrected chi connectivity index (χ2v) is 4.13. The molecule has 0 spiro atoms. The fourth-order valence-electron chi connectivity index (χ4n) is 1.67. The van der Waals surface area contributed by atoms with Crippen molar-refractivity contribution < 1.29 is 4.39 Å². The molecule has 2 N–H and O–H groups in total. The second kappa shape index (κ2) is 4.85. The number of nitrogens with two attached hydrogens (primary N) is 1. The summed E-state index contributed by atoms with van der Waals surface area (Å²) in [6.45, 7) is 0.518. The summed E-state index contributed by atoms with van der Waals surface area (Å²) in [5, 5.41) is 0.542. The van der Waals surface area contributed by atoms with E-state index in [2.05, 4.69) is 4.98 Å². The number of benzene rings is 1. The molecule has 0 atom stereocenters. The molecule has 0 amide bonds. The highest BCUT2D eigenvalue weighted by atomic mass is 35.5. The lowest BCUT2D eigenvalue weighted by Gasteiger charge is -1.99. The van der Waals surface area contributed by atoms with Crippen LogP contribution in [0.4, 0.5) is 4.39 Å². The van der Waals surface area contributed by atoms with Crippen molar-refractivity contribution in [2.24, 2.45) is 12.8 Å². The third-order valence-electron chi connectivity index (χ3n) is 2.60. The Labute approximate surface area is 104 Å². The van der Waals surface area contributed by atoms with Crippen molar-refractivity contribution in [1.29, 1.82) is 0 Å². The summed E-state index contributed by atoms with van der Waals surface area (Å²) in [6.07, 6.45) is 0.664. The molecule has 0 bridgehead atoms. The minimum atomic E-state index is -0.275. The maximum atomic E-state index is 12.8. The van der Waals surface area contributed by atoms with Crippen LogP contribution >= 0.6 is 11.6 Å². The number of aromatic nitrogens is 2. The van der Waals surface area contributed by atoms with Crippen LogP contribution in [-0.4, -0.2) is 16.1 Å². The second-order valence-electron chi connectivity index (χ2n) is 3.77. The number of imidazole rings is 1. The fourth-order valence-corrected chi connectivity index (χ4v) is 1.92. The van der Waals surface area contributed by atoms with Gasteiger partial charge in [-0.2, -0.15) is 0 Å². The smallest absolute Gasteiger partial charge is 0.136 e. The minimum Gasteiger partial charge on any atom is -0.330 e. The maximum Gasteiger partial charge on any atom is 0.136 e. The summed E-state index contributed by atoms with van der Waals surface area (Å²) in [5.41, 5.74) is 6.97. The van der Waals surface area contributed by atoms with E-state index in [1.807, 2.05) is 7.05 Å². The van der Waals surface area contributed by atoms with Crippen LogP contribution in [-0.2, 0) is 13.5 Å². The molecule has 0 saturated carbocycles. The molecule has 1 aromatic carbocycles. The first-order chi connectivity index (χ1) is 8.13. The summed E-state index contributed by atoms with van der Waals surface area (Å²) >= 11 is 6.19. The van der Waals surface area contributed by atoms with Gasteiger partial charge >= 0.3 is 0 Å². The number of halogens is 2. The SMILES string of the molecule is Cn1c(CCN)nc(-c2ccc(F)cc2)c1Cl. The van der Waals surface area contributed by atoms with E-state index < -0.39 is 0 Å². The molecule has 0 unspecified atom stereocenters. The number of hydrogen-bond acceptors (Lipinski definition) is 2. The van der Waals surface area contributed by atoms with Gasteiger partial charge in [-0.3, -0.25) is 0 Å². The molecular formula is C12H13ClFN3. The standard InChI is InChI=1S/C12H13ClFN3/c1-17-10(6-7-15)16-11(12(17)13)8-2-4-9(14)5-3-8/h2-5H,6-7,15H2,1H3. The fraction of sp³-hybridized carbons (Fsp3) is 0.250. The summed E-state index contributed by atoms with van der Waals surface area (Å²) in [6, 6.07) is 6.11. The van der Waals surface area contributed by atoms with E-state index in [9.17, 15) is 4.39 Å². The molecular weight excluding hydrogens is 241 g/mol. The van der Waals surface area contributed by atoms with Gasteiger partial charge in [0.05, 0.1) is 0 Å². The lowest BCUT2D eigenvalue weighted by atomic mass is 10.2. The molecule has 1 aromatic heterocycles. The number of hydrogen-bond donors (Lipinski definition) is 1. The number of nitrogens with zero attached hydrogens (tertiary/aromatic N) is 2. The van der Waals surface area contributed by atoms with Gasteiger partial charge in [0.2, 0.25) is 0 Å². The Morgan fingerprint density at radius 2 is 2.00 bits per heavy atom. The molecule has 2 rings (SSSR count). The van der Waals surface area contributed by atoms with Gasteiger partial charge in [-0.15, -0.1) is 0 Å². The average Bonchev–Trinajstić information content (AvgIpc) is 2.59. The molecule has 17 heavy (non-hydrogen) atoms. The third-order valence-corrected chi connectivity index (χ3v) is 3.04. The molecule has 90 valence electrons. The van der Waals surface area contributed by atoms with Gasteiger partial charge in [-0.05, 0) is 30.8 Å². The molecule has 0 aliphatic heterocycles. The Bertz CT molecular complexity index is 519. The Morgan fingerprint density at radius 3 is 2.59 bits per heavy atom. The van der Waals surface area contributed by atoms with Crippen LogP contribution in [0.5, 0.6) is 0 Å². The van der Waals surface area contributed by atoms with Gasteiger partial charge in [-0.25, -0.2) is 9.37 Å². The van der Waals surface area contributed by atoms with Crippen LogP contribution in [0.1, 0.15) is 5.82 Å². The average molecular weight is 254 g/mol. The normalized spacial score (nSPS) is 10.8. The summed E-state index contributed by atoms with van der Waals surface area (Å²) in [4.78, 5) is 4.43. The quantitative estimate of drug-likeness (QED) is 0.913. The van der Waals surface area contributed by atoms with Crippen molar-refractivity contribution in [2.45, 2.75) is 6.42 Å². The van der Waals surface area contributed by atoms with Crippen LogP contribution in [0, 0.1) is 5.82 Å². The van der Waals surface area contributed by atoms with E-state index in [4.69, 9.17) is 17.3 Å². The van der Waals surface area contributed by atoms with Gasteiger partial charge in [-0.1, -0.05) is 11.6 Å². The van der Waals surface area contributed by atoms with E-state index in [0.717, 1.165) is 11.4 Å². The summed E-state index contributed by atoms with van der Waals surface area (Å²) in [5.74, 6) is 0.555. The number of rotatable bonds is 3. The monoisotopic (exact) mass is 253 g/mol. The van der Waals surface area contributed by atoms with Crippen LogP contribution in [0.15, 0.2) is 24.3 Å². The first-order valence-corrected chi connectivity index (χ1v) is 5.68. The van der Waals surface area contributed by atoms with Gasteiger partial charge in [0.1, 0.15) is 22.5 Å². The van der Waals surface area contributed by atoms with Crippen molar-refractivity contribution in [3.8, 4) is 11.3 Å². The Morgan fingerprint density at radius 1 is 1.35 bits per heavy atom. The molecule has 0 fully saturated rings. The maximum absolute atomic E-state index is 12.8. The van der Waals surface area contributed by atoms with Crippen molar-refractivity contribution in [1.82, 2.24) is 9.55 Å². The van der Waals surface area contributed by atoms with E-state index in [0.29, 0.717) is 23.8 Å². The zero-order valence-corrected chi connectivity index (χ0v) is 10.2. The molecule has 0 aliphatic rings. The van der Waals surface area contributed by atoms with Gasteiger partial charge < -0.3 is 10.3 Å². The largest absolute Gasteiger partial charge is 0.330 e. The van der Waals surface area contributed by atoms with Gasteiger partial charge in [0.15, 0.2) is 0 Å². The lowest BCUT2D eigenvalue weighted by molar-refractivity contribution is 0.628. The zero-order chi connectivity index (χ0) is 12.4. The first kappa shape index (κ1) is 12.1. The van der Waals surface area contributed by atoms with Gasteiger partial charge in [0, 0.05) is 19.0 Å². The van der Waals surface area contributed by atoms with Gasteiger partial charge in [0.25, 0.3) is 0 Å². The Balaban J connectivity index is 2.45. The Kier molecular flexibility index (Phi) is 3.45. The highest BCUT2D eigenvalue weighted by molar-refractivity contribution is 6.32. The first-order valence-electron chi connectivity index (χ1n) is 5.30. The van der Waals surface area contributed by atoms with Crippen LogP contribution in [0.3, 0.4) is 0 Å². The predicted octanol–water partition coefficient (Wildman–Crippen LogP) is 2.38. The highest BCUT2D eigenvalue weighted by Crippen LogP contribution is 2.27. The molecule has 1 heterocycles.